The van der Waals surface area contributed by atoms with Gasteiger partial charge in [-0.1, -0.05) is 11.6 Å². The zero-order valence-electron chi connectivity index (χ0n) is 9.98. The number of imidazole rings is 1. The lowest BCUT2D eigenvalue weighted by Gasteiger charge is -2.11. The van der Waals surface area contributed by atoms with E-state index in [1.807, 2.05) is 30.1 Å². The molecule has 2 aromatic heterocycles. The Hall–Kier alpha value is -0.840. The van der Waals surface area contributed by atoms with Crippen molar-refractivity contribution in [3.63, 3.8) is 0 Å². The number of hydrogen-bond donors (Lipinski definition) is 1. The molecular weight excluding hydrogens is 254 g/mol. The van der Waals surface area contributed by atoms with Gasteiger partial charge in [0, 0.05) is 43.3 Å². The van der Waals surface area contributed by atoms with Gasteiger partial charge in [0.15, 0.2) is 0 Å². The number of aromatic nitrogens is 2. The van der Waals surface area contributed by atoms with Crippen LogP contribution >= 0.6 is 22.9 Å². The van der Waals surface area contributed by atoms with Crippen molar-refractivity contribution in [2.24, 2.45) is 7.05 Å². The zero-order chi connectivity index (χ0) is 12.3. The highest BCUT2D eigenvalue weighted by atomic mass is 35.5. The second-order valence-electron chi connectivity index (χ2n) is 4.02. The molecule has 0 aliphatic heterocycles. The maximum absolute atomic E-state index is 5.92. The first kappa shape index (κ1) is 12.6. The highest BCUT2D eigenvalue weighted by Gasteiger charge is 2.07. The number of aryl methyl sites for hydroxylation is 1. The largest absolute Gasteiger partial charge is 0.338 e. The molecule has 1 N–H and O–H groups in total. The van der Waals surface area contributed by atoms with Crippen LogP contribution in [0.5, 0.6) is 0 Å². The van der Waals surface area contributed by atoms with Crippen LogP contribution in [0.3, 0.4) is 0 Å². The molecule has 0 fully saturated rings. The zero-order valence-corrected chi connectivity index (χ0v) is 11.6. The Balaban J connectivity index is 1.81. The van der Waals surface area contributed by atoms with Crippen LogP contribution in [-0.2, 0) is 13.5 Å². The third-order valence-electron chi connectivity index (χ3n) is 2.74. The highest BCUT2D eigenvalue weighted by Crippen LogP contribution is 2.26. The van der Waals surface area contributed by atoms with Gasteiger partial charge in [-0.2, -0.15) is 0 Å². The SMILES string of the molecule is CC(NCCc1nccn1C)c1ccc(Cl)s1. The minimum atomic E-state index is 0.341. The normalized spacial score (nSPS) is 12.9. The average molecular weight is 270 g/mol. The van der Waals surface area contributed by atoms with Crippen molar-refractivity contribution in [2.45, 2.75) is 19.4 Å². The Morgan fingerprint density at radius 3 is 2.94 bits per heavy atom. The summed E-state index contributed by atoms with van der Waals surface area (Å²) in [6.07, 6.45) is 4.74. The first-order valence-electron chi connectivity index (χ1n) is 5.61. The van der Waals surface area contributed by atoms with Gasteiger partial charge in [-0.3, -0.25) is 0 Å². The van der Waals surface area contributed by atoms with Gasteiger partial charge in [-0.05, 0) is 19.1 Å². The molecule has 1 unspecified atom stereocenters. The highest BCUT2D eigenvalue weighted by molar-refractivity contribution is 7.16. The molecule has 0 bridgehead atoms. The summed E-state index contributed by atoms with van der Waals surface area (Å²) in [5.41, 5.74) is 0. The van der Waals surface area contributed by atoms with Crippen LogP contribution in [0.25, 0.3) is 0 Å². The molecule has 0 amide bonds. The van der Waals surface area contributed by atoms with E-state index in [0.29, 0.717) is 6.04 Å². The predicted molar refractivity (Wildman–Crippen MR) is 72.7 cm³/mol. The molecule has 5 heteroatoms. The van der Waals surface area contributed by atoms with Crippen molar-refractivity contribution in [1.82, 2.24) is 14.9 Å². The second-order valence-corrected chi connectivity index (χ2v) is 5.77. The molecule has 3 nitrogen and oxygen atoms in total. The molecule has 0 spiro atoms. The number of halogens is 1. The second kappa shape index (κ2) is 5.67. The minimum Gasteiger partial charge on any atom is -0.338 e. The fourth-order valence-corrected chi connectivity index (χ4v) is 2.79. The Morgan fingerprint density at radius 2 is 2.35 bits per heavy atom. The van der Waals surface area contributed by atoms with E-state index >= 15 is 0 Å². The Kier molecular flexibility index (Phi) is 4.20. The summed E-state index contributed by atoms with van der Waals surface area (Å²) in [6.45, 7) is 3.07. The van der Waals surface area contributed by atoms with Gasteiger partial charge in [0.25, 0.3) is 0 Å². The summed E-state index contributed by atoms with van der Waals surface area (Å²) in [5.74, 6) is 1.11. The van der Waals surface area contributed by atoms with Gasteiger partial charge in [0.05, 0.1) is 4.34 Å². The van der Waals surface area contributed by atoms with Crippen molar-refractivity contribution in [3.8, 4) is 0 Å². The number of hydrogen-bond acceptors (Lipinski definition) is 3. The van der Waals surface area contributed by atoms with E-state index in [2.05, 4.69) is 23.3 Å². The summed E-state index contributed by atoms with van der Waals surface area (Å²) in [4.78, 5) is 5.57. The van der Waals surface area contributed by atoms with E-state index in [-0.39, 0.29) is 0 Å². The molecular formula is C12H16ClN3S. The van der Waals surface area contributed by atoms with Crippen molar-refractivity contribution in [1.29, 1.82) is 0 Å². The molecule has 0 aliphatic carbocycles. The van der Waals surface area contributed by atoms with Gasteiger partial charge in [-0.25, -0.2) is 4.98 Å². The van der Waals surface area contributed by atoms with Crippen molar-refractivity contribution < 1.29 is 0 Å². The molecule has 2 heterocycles. The van der Waals surface area contributed by atoms with Crippen molar-refractivity contribution in [2.75, 3.05) is 6.54 Å². The Bertz CT molecular complexity index is 478. The molecule has 0 aromatic carbocycles. The Labute approximate surface area is 110 Å². The monoisotopic (exact) mass is 269 g/mol. The molecule has 2 rings (SSSR count). The lowest BCUT2D eigenvalue weighted by Crippen LogP contribution is -2.21. The van der Waals surface area contributed by atoms with E-state index in [1.54, 1.807) is 11.3 Å². The molecule has 2 aromatic rings. The lowest BCUT2D eigenvalue weighted by atomic mass is 10.2. The van der Waals surface area contributed by atoms with E-state index in [4.69, 9.17) is 11.6 Å². The van der Waals surface area contributed by atoms with Gasteiger partial charge in [0.2, 0.25) is 0 Å². The van der Waals surface area contributed by atoms with Crippen molar-refractivity contribution >= 4 is 22.9 Å². The fraction of sp³-hybridized carbons (Fsp3) is 0.417. The number of thiophene rings is 1. The van der Waals surface area contributed by atoms with Gasteiger partial charge >= 0.3 is 0 Å². The molecule has 0 aliphatic rings. The first-order valence-corrected chi connectivity index (χ1v) is 6.81. The summed E-state index contributed by atoms with van der Waals surface area (Å²) in [5, 5.41) is 3.48. The average Bonchev–Trinajstić information content (AvgIpc) is 2.88. The van der Waals surface area contributed by atoms with Crippen LogP contribution in [-0.4, -0.2) is 16.1 Å². The Morgan fingerprint density at radius 1 is 1.53 bits per heavy atom. The fourth-order valence-electron chi connectivity index (χ4n) is 1.70. The molecule has 1 atom stereocenters. The van der Waals surface area contributed by atoms with Crippen LogP contribution in [0.15, 0.2) is 24.5 Å². The number of nitrogens with zero attached hydrogens (tertiary/aromatic N) is 2. The molecule has 0 saturated heterocycles. The van der Waals surface area contributed by atoms with E-state index in [1.165, 1.54) is 4.88 Å². The van der Waals surface area contributed by atoms with E-state index in [0.717, 1.165) is 23.1 Å². The van der Waals surface area contributed by atoms with E-state index in [9.17, 15) is 0 Å². The van der Waals surface area contributed by atoms with Crippen LogP contribution in [0.2, 0.25) is 4.34 Å². The maximum Gasteiger partial charge on any atom is 0.109 e. The summed E-state index contributed by atoms with van der Waals surface area (Å²) >= 11 is 7.55. The quantitative estimate of drug-likeness (QED) is 0.904. The summed E-state index contributed by atoms with van der Waals surface area (Å²) < 4.78 is 2.90. The molecule has 0 radical (unpaired) electrons. The van der Waals surface area contributed by atoms with E-state index < -0.39 is 0 Å². The smallest absolute Gasteiger partial charge is 0.109 e. The van der Waals surface area contributed by atoms with Crippen LogP contribution in [0.4, 0.5) is 0 Å². The van der Waals surface area contributed by atoms with Crippen LogP contribution in [0.1, 0.15) is 23.7 Å². The van der Waals surface area contributed by atoms with Crippen LogP contribution in [0, 0.1) is 0 Å². The minimum absolute atomic E-state index is 0.341. The molecule has 0 saturated carbocycles. The number of rotatable bonds is 5. The van der Waals surface area contributed by atoms with Crippen molar-refractivity contribution in [3.05, 3.63) is 39.6 Å². The molecule has 92 valence electrons. The predicted octanol–water partition coefficient (Wildman–Crippen LogP) is 3.03. The summed E-state index contributed by atoms with van der Waals surface area (Å²) in [7, 11) is 2.02. The molecule has 17 heavy (non-hydrogen) atoms. The third kappa shape index (κ3) is 3.31. The number of nitrogens with one attached hydrogen (secondary N) is 1. The standard InChI is InChI=1S/C12H16ClN3S/c1-9(10-3-4-11(13)17-10)14-6-5-12-15-7-8-16(12)2/h3-4,7-9,14H,5-6H2,1-2H3. The van der Waals surface area contributed by atoms with Gasteiger partial charge in [-0.15, -0.1) is 11.3 Å². The van der Waals surface area contributed by atoms with Crippen LogP contribution < -0.4 is 5.32 Å². The first-order chi connectivity index (χ1) is 8.16. The maximum atomic E-state index is 5.92. The third-order valence-corrected chi connectivity index (χ3v) is 4.15. The van der Waals surface area contributed by atoms with Gasteiger partial charge < -0.3 is 9.88 Å². The topological polar surface area (TPSA) is 29.9 Å². The summed E-state index contributed by atoms with van der Waals surface area (Å²) in [6, 6.07) is 4.36. The lowest BCUT2D eigenvalue weighted by molar-refractivity contribution is 0.572. The van der Waals surface area contributed by atoms with Gasteiger partial charge in [0.1, 0.15) is 5.82 Å².